The molecule has 1 heterocycles. The lowest BCUT2D eigenvalue weighted by atomic mass is 9.99. The number of amides is 1. The molecule has 0 aromatic heterocycles. The highest BCUT2D eigenvalue weighted by molar-refractivity contribution is 5.92. The van der Waals surface area contributed by atoms with Gasteiger partial charge in [-0.1, -0.05) is 11.8 Å². The normalized spacial score (nSPS) is 15.3. The summed E-state index contributed by atoms with van der Waals surface area (Å²) in [5.41, 5.74) is 2.63. The lowest BCUT2D eigenvalue weighted by Crippen LogP contribution is -2.28. The maximum atomic E-state index is 12.1. The van der Waals surface area contributed by atoms with Gasteiger partial charge in [-0.2, -0.15) is 0 Å². The molecule has 2 rings (SSSR count). The lowest BCUT2D eigenvalue weighted by molar-refractivity contribution is -0.122. The molecule has 0 saturated carbocycles. The predicted molar refractivity (Wildman–Crippen MR) is 77.3 cm³/mol. The first kappa shape index (κ1) is 14.6. The quantitative estimate of drug-likeness (QED) is 0.806. The summed E-state index contributed by atoms with van der Waals surface area (Å²) >= 11 is 0. The maximum absolute atomic E-state index is 12.1. The highest BCUT2D eigenvalue weighted by Gasteiger charge is 2.21. The van der Waals surface area contributed by atoms with Gasteiger partial charge in [0.25, 0.3) is 0 Å². The van der Waals surface area contributed by atoms with Crippen LogP contribution < -0.4 is 5.32 Å². The first-order chi connectivity index (χ1) is 9.70. The fourth-order valence-electron chi connectivity index (χ4n) is 2.22. The summed E-state index contributed by atoms with van der Waals surface area (Å²) in [6, 6.07) is 5.60. The van der Waals surface area contributed by atoms with Gasteiger partial charge in [-0.25, -0.2) is 0 Å². The Hall–Kier alpha value is -1.83. The van der Waals surface area contributed by atoms with E-state index in [0.717, 1.165) is 29.7 Å². The van der Waals surface area contributed by atoms with E-state index < -0.39 is 0 Å². The third-order valence-corrected chi connectivity index (χ3v) is 3.39. The summed E-state index contributed by atoms with van der Waals surface area (Å²) in [5.74, 6) is 5.60. The molecule has 106 valence electrons. The van der Waals surface area contributed by atoms with E-state index in [9.17, 15) is 4.79 Å². The third kappa shape index (κ3) is 3.83. The first-order valence-corrected chi connectivity index (χ1v) is 6.79. The van der Waals surface area contributed by atoms with Crippen molar-refractivity contribution in [1.29, 1.82) is 0 Å². The minimum Gasteiger partial charge on any atom is -0.384 e. The smallest absolute Gasteiger partial charge is 0.227 e. The van der Waals surface area contributed by atoms with E-state index in [1.54, 1.807) is 0 Å². The van der Waals surface area contributed by atoms with E-state index in [2.05, 4.69) is 17.2 Å². The zero-order valence-corrected chi connectivity index (χ0v) is 11.6. The molecule has 4 nitrogen and oxygen atoms in total. The topological polar surface area (TPSA) is 58.6 Å². The molecular formula is C16H19NO3. The molecule has 1 saturated heterocycles. The van der Waals surface area contributed by atoms with E-state index in [-0.39, 0.29) is 18.4 Å². The zero-order chi connectivity index (χ0) is 14.4. The van der Waals surface area contributed by atoms with Crippen LogP contribution in [0.15, 0.2) is 18.2 Å². The molecular weight excluding hydrogens is 254 g/mol. The number of carbonyl (C=O) groups is 1. The third-order valence-electron chi connectivity index (χ3n) is 3.39. The number of aliphatic hydroxyl groups is 1. The van der Waals surface area contributed by atoms with Crippen LogP contribution in [0.2, 0.25) is 0 Å². The molecule has 20 heavy (non-hydrogen) atoms. The number of benzene rings is 1. The van der Waals surface area contributed by atoms with Crippen LogP contribution in [0.1, 0.15) is 24.0 Å². The van der Waals surface area contributed by atoms with Crippen LogP contribution in [0, 0.1) is 24.7 Å². The number of aryl methyl sites for hydroxylation is 1. The summed E-state index contributed by atoms with van der Waals surface area (Å²) in [6.07, 6.45) is 1.57. The van der Waals surface area contributed by atoms with Crippen LogP contribution >= 0.6 is 0 Å². The summed E-state index contributed by atoms with van der Waals surface area (Å²) in [7, 11) is 0. The molecule has 1 aromatic carbocycles. The van der Waals surface area contributed by atoms with Crippen molar-refractivity contribution in [3.05, 3.63) is 29.3 Å². The fraction of sp³-hybridized carbons (Fsp3) is 0.438. The van der Waals surface area contributed by atoms with Crippen LogP contribution in [0.3, 0.4) is 0 Å². The van der Waals surface area contributed by atoms with Crippen molar-refractivity contribution in [1.82, 2.24) is 0 Å². The molecule has 0 radical (unpaired) electrons. The highest BCUT2D eigenvalue weighted by Crippen LogP contribution is 2.19. The number of ether oxygens (including phenoxy) is 1. The molecule has 2 N–H and O–H groups in total. The van der Waals surface area contributed by atoms with E-state index in [4.69, 9.17) is 9.84 Å². The largest absolute Gasteiger partial charge is 0.384 e. The summed E-state index contributed by atoms with van der Waals surface area (Å²) in [6.45, 7) is 3.10. The summed E-state index contributed by atoms with van der Waals surface area (Å²) in [5, 5.41) is 11.6. The number of aliphatic hydroxyl groups excluding tert-OH is 1. The molecule has 0 atom stereocenters. The van der Waals surface area contributed by atoms with Crippen molar-refractivity contribution in [3.8, 4) is 11.8 Å². The highest BCUT2D eigenvalue weighted by atomic mass is 16.5. The van der Waals surface area contributed by atoms with Crippen LogP contribution in [-0.4, -0.2) is 30.8 Å². The van der Waals surface area contributed by atoms with Crippen molar-refractivity contribution in [2.75, 3.05) is 25.1 Å². The van der Waals surface area contributed by atoms with Gasteiger partial charge in [0.15, 0.2) is 0 Å². The number of rotatable bonds is 2. The molecule has 1 aromatic rings. The Balaban J connectivity index is 2.02. The molecule has 1 aliphatic heterocycles. The van der Waals surface area contributed by atoms with Gasteiger partial charge in [0, 0.05) is 30.4 Å². The van der Waals surface area contributed by atoms with Gasteiger partial charge >= 0.3 is 0 Å². The summed E-state index contributed by atoms with van der Waals surface area (Å²) < 4.78 is 5.26. The monoisotopic (exact) mass is 273 g/mol. The SMILES string of the molecule is Cc1cc(NC(=O)C2CCOCC2)ccc1C#CCO. The van der Waals surface area contributed by atoms with Crippen molar-refractivity contribution >= 4 is 11.6 Å². The molecule has 4 heteroatoms. The molecule has 1 amide bonds. The second-order valence-electron chi connectivity index (χ2n) is 4.87. The molecule has 0 bridgehead atoms. The molecule has 0 aliphatic carbocycles. The van der Waals surface area contributed by atoms with Gasteiger partial charge in [0.2, 0.25) is 5.91 Å². The van der Waals surface area contributed by atoms with E-state index in [1.807, 2.05) is 25.1 Å². The Morgan fingerprint density at radius 2 is 2.20 bits per heavy atom. The Labute approximate surface area is 119 Å². The Kier molecular flexibility index (Phi) is 5.16. The van der Waals surface area contributed by atoms with Gasteiger partial charge in [0.05, 0.1) is 0 Å². The van der Waals surface area contributed by atoms with Gasteiger partial charge in [-0.15, -0.1) is 0 Å². The second-order valence-corrected chi connectivity index (χ2v) is 4.87. The van der Waals surface area contributed by atoms with E-state index >= 15 is 0 Å². The average molecular weight is 273 g/mol. The van der Waals surface area contributed by atoms with Crippen molar-refractivity contribution in [3.63, 3.8) is 0 Å². The molecule has 1 fully saturated rings. The van der Waals surface area contributed by atoms with E-state index in [1.165, 1.54) is 0 Å². The average Bonchev–Trinajstić information content (AvgIpc) is 2.47. The van der Waals surface area contributed by atoms with Crippen LogP contribution in [0.5, 0.6) is 0 Å². The Morgan fingerprint density at radius 1 is 1.45 bits per heavy atom. The van der Waals surface area contributed by atoms with Crippen molar-refractivity contribution in [2.45, 2.75) is 19.8 Å². The molecule has 0 spiro atoms. The molecule has 1 aliphatic rings. The number of carbonyl (C=O) groups excluding carboxylic acids is 1. The van der Waals surface area contributed by atoms with Crippen molar-refractivity contribution in [2.24, 2.45) is 5.92 Å². The first-order valence-electron chi connectivity index (χ1n) is 6.79. The summed E-state index contributed by atoms with van der Waals surface area (Å²) in [4.78, 5) is 12.1. The van der Waals surface area contributed by atoms with Gasteiger partial charge < -0.3 is 15.2 Å². The van der Waals surface area contributed by atoms with Crippen LogP contribution in [0.4, 0.5) is 5.69 Å². The van der Waals surface area contributed by atoms with Crippen LogP contribution in [-0.2, 0) is 9.53 Å². The zero-order valence-electron chi connectivity index (χ0n) is 11.6. The predicted octanol–water partition coefficient (Wildman–Crippen LogP) is 1.70. The Bertz CT molecular complexity index is 536. The lowest BCUT2D eigenvalue weighted by Gasteiger charge is -2.21. The number of hydrogen-bond acceptors (Lipinski definition) is 3. The van der Waals surface area contributed by atoms with Gasteiger partial charge in [0.1, 0.15) is 6.61 Å². The standard InChI is InChI=1S/C16H19NO3/c1-12-11-15(5-4-13(12)3-2-8-18)17-16(19)14-6-9-20-10-7-14/h4-5,11,14,18H,6-10H2,1H3,(H,17,19). The number of nitrogens with one attached hydrogen (secondary N) is 1. The minimum absolute atomic E-state index is 0.0397. The van der Waals surface area contributed by atoms with Crippen molar-refractivity contribution < 1.29 is 14.6 Å². The Morgan fingerprint density at radius 3 is 2.85 bits per heavy atom. The number of anilines is 1. The van der Waals surface area contributed by atoms with Gasteiger partial charge in [-0.3, -0.25) is 4.79 Å². The van der Waals surface area contributed by atoms with E-state index in [0.29, 0.717) is 13.2 Å². The van der Waals surface area contributed by atoms with Gasteiger partial charge in [-0.05, 0) is 43.5 Å². The minimum atomic E-state index is -0.151. The fourth-order valence-corrected chi connectivity index (χ4v) is 2.22. The number of hydrogen-bond donors (Lipinski definition) is 2. The molecule has 0 unspecified atom stereocenters. The second kappa shape index (κ2) is 7.09. The maximum Gasteiger partial charge on any atom is 0.227 e. The van der Waals surface area contributed by atoms with Crippen LogP contribution in [0.25, 0.3) is 0 Å².